The molecule has 0 amide bonds. The minimum Gasteiger partial charge on any atom is -0.379 e. The summed E-state index contributed by atoms with van der Waals surface area (Å²) in [6.45, 7) is 0. The van der Waals surface area contributed by atoms with Crippen molar-refractivity contribution in [1.29, 1.82) is 0 Å². The van der Waals surface area contributed by atoms with Crippen LogP contribution in [-0.4, -0.2) is 18.3 Å². The molecule has 0 N–H and O–H groups in total. The molecule has 9 nitrogen and oxygen atoms in total. The molecule has 0 aromatic heterocycles. The largest absolute Gasteiger partial charge is 0.379 e. The van der Waals surface area contributed by atoms with E-state index in [4.69, 9.17) is 15.8 Å². The first-order valence-electron chi connectivity index (χ1n) is 6.49. The van der Waals surface area contributed by atoms with Crippen LogP contribution in [0.25, 0.3) is 6.08 Å². The third kappa shape index (κ3) is 4.75. The van der Waals surface area contributed by atoms with E-state index in [1.54, 1.807) is 0 Å². The minimum absolute atomic E-state index is 0.108. The lowest BCUT2D eigenvalue weighted by Crippen LogP contribution is -2.10. The number of nitro benzene ring substituents is 1. The fraction of sp³-hybridized carbons (Fsp3) is 0. The number of nitrogens with zero attached hydrogens (tertiary/aromatic N) is 2. The van der Waals surface area contributed by atoms with E-state index in [0.717, 1.165) is 24.3 Å². The van der Waals surface area contributed by atoms with E-state index >= 15 is 0 Å². The van der Waals surface area contributed by atoms with E-state index in [9.17, 15) is 28.6 Å². The van der Waals surface area contributed by atoms with Gasteiger partial charge in [0.25, 0.3) is 5.69 Å². The van der Waals surface area contributed by atoms with Crippen LogP contribution in [0.2, 0.25) is 5.02 Å². The molecule has 0 unspecified atom stereocenters. The topological polar surface area (TPSA) is 130 Å². The number of benzene rings is 2. The van der Waals surface area contributed by atoms with E-state index < -0.39 is 30.5 Å². The monoisotopic (exact) mass is 384 g/mol. The molecule has 2 aromatic carbocycles. The zero-order chi connectivity index (χ0) is 18.6. The predicted octanol–water partition coefficient (Wildman–Crippen LogP) is 3.26. The van der Waals surface area contributed by atoms with Gasteiger partial charge in [-0.2, -0.15) is 8.42 Å². The summed E-state index contributed by atoms with van der Waals surface area (Å²) in [6, 6.07) is 8.47. The van der Waals surface area contributed by atoms with Crippen LogP contribution < -0.4 is 4.18 Å². The third-order valence-corrected chi connectivity index (χ3v) is 4.42. The number of hydrogen-bond donors (Lipinski definition) is 0. The fourth-order valence-corrected chi connectivity index (χ4v) is 2.91. The summed E-state index contributed by atoms with van der Waals surface area (Å²) in [5.41, 5.74) is -0.236. The van der Waals surface area contributed by atoms with Gasteiger partial charge in [0, 0.05) is 12.1 Å². The maximum Gasteiger partial charge on any atom is 0.339 e. The van der Waals surface area contributed by atoms with Gasteiger partial charge in [-0.1, -0.05) is 23.7 Å². The highest BCUT2D eigenvalue weighted by Crippen LogP contribution is 2.28. The van der Waals surface area contributed by atoms with Gasteiger partial charge in [0.1, 0.15) is 15.7 Å². The van der Waals surface area contributed by atoms with E-state index in [-0.39, 0.29) is 10.8 Å². The first kappa shape index (κ1) is 18.4. The molecule has 0 aliphatic rings. The van der Waals surface area contributed by atoms with Crippen LogP contribution in [-0.2, 0) is 10.1 Å². The van der Waals surface area contributed by atoms with Gasteiger partial charge >= 0.3 is 10.1 Å². The highest BCUT2D eigenvalue weighted by molar-refractivity contribution is 7.87. The Morgan fingerprint density at radius 3 is 2.44 bits per heavy atom. The maximum atomic E-state index is 12.3. The Bertz CT molecular complexity index is 973. The van der Waals surface area contributed by atoms with Gasteiger partial charge in [-0.05, 0) is 29.8 Å². The average molecular weight is 385 g/mol. The summed E-state index contributed by atoms with van der Waals surface area (Å²) in [4.78, 5) is 19.2. The quantitative estimate of drug-likeness (QED) is 0.424. The van der Waals surface area contributed by atoms with Crippen LogP contribution in [0.15, 0.2) is 53.6 Å². The predicted molar refractivity (Wildman–Crippen MR) is 88.4 cm³/mol. The summed E-state index contributed by atoms with van der Waals surface area (Å²) in [5, 5.41) is 21.0. The second-order valence-electron chi connectivity index (χ2n) is 4.58. The number of nitro groups is 2. The van der Waals surface area contributed by atoms with E-state index in [1.807, 2.05) is 0 Å². The molecule has 2 aromatic rings. The molecular formula is C14H9ClN2O7S. The second-order valence-corrected chi connectivity index (χ2v) is 6.53. The minimum atomic E-state index is -4.36. The molecule has 130 valence electrons. The Hall–Kier alpha value is -2.98. The van der Waals surface area contributed by atoms with Gasteiger partial charge < -0.3 is 4.18 Å². The average Bonchev–Trinajstić information content (AvgIpc) is 2.52. The first-order chi connectivity index (χ1) is 11.7. The van der Waals surface area contributed by atoms with Crippen molar-refractivity contribution in [3.8, 4) is 5.75 Å². The van der Waals surface area contributed by atoms with Crippen molar-refractivity contribution in [2.75, 3.05) is 0 Å². The van der Waals surface area contributed by atoms with Crippen LogP contribution in [0.3, 0.4) is 0 Å². The lowest BCUT2D eigenvalue weighted by molar-refractivity contribution is -0.400. The van der Waals surface area contributed by atoms with Crippen LogP contribution in [0.1, 0.15) is 5.56 Å². The normalized spacial score (nSPS) is 11.4. The van der Waals surface area contributed by atoms with Crippen LogP contribution >= 0.6 is 11.6 Å². The molecule has 0 aliphatic carbocycles. The maximum absolute atomic E-state index is 12.3. The van der Waals surface area contributed by atoms with Crippen molar-refractivity contribution < 1.29 is 22.4 Å². The molecule has 0 aliphatic heterocycles. The molecule has 0 heterocycles. The molecule has 0 spiro atoms. The lowest BCUT2D eigenvalue weighted by atomic mass is 10.2. The van der Waals surface area contributed by atoms with Crippen LogP contribution in [0, 0.1) is 20.2 Å². The number of halogens is 1. The molecule has 25 heavy (non-hydrogen) atoms. The molecule has 0 saturated heterocycles. The molecule has 11 heteroatoms. The first-order valence-corrected chi connectivity index (χ1v) is 8.28. The molecular weight excluding hydrogens is 376 g/mol. The Morgan fingerprint density at radius 2 is 1.80 bits per heavy atom. The Balaban J connectivity index is 2.33. The van der Waals surface area contributed by atoms with Gasteiger partial charge in [-0.3, -0.25) is 20.2 Å². The van der Waals surface area contributed by atoms with Crippen LogP contribution in [0.4, 0.5) is 5.69 Å². The highest BCUT2D eigenvalue weighted by atomic mass is 35.5. The Kier molecular flexibility index (Phi) is 5.35. The summed E-state index contributed by atoms with van der Waals surface area (Å²) >= 11 is 5.64. The highest BCUT2D eigenvalue weighted by Gasteiger charge is 2.22. The summed E-state index contributed by atoms with van der Waals surface area (Å²) in [5.74, 6) is -0.108. The summed E-state index contributed by atoms with van der Waals surface area (Å²) < 4.78 is 29.4. The molecule has 0 bridgehead atoms. The SMILES string of the molecule is O=[N+]([O-])/C=C/c1cccc(OS(=O)(=O)c2ccc(Cl)c([N+](=O)[O-])c2)c1. The standard InChI is InChI=1S/C14H9ClN2O7S/c15-13-5-4-12(9-14(13)17(20)21)25(22,23)24-11-3-1-2-10(8-11)6-7-16(18)19/h1-9H/b7-6+. The Morgan fingerprint density at radius 1 is 1.08 bits per heavy atom. The van der Waals surface area contributed by atoms with Gasteiger partial charge in [0.15, 0.2) is 0 Å². The number of hydrogen-bond acceptors (Lipinski definition) is 7. The van der Waals surface area contributed by atoms with E-state index in [0.29, 0.717) is 11.8 Å². The zero-order valence-corrected chi connectivity index (χ0v) is 13.8. The fourth-order valence-electron chi connectivity index (χ4n) is 1.78. The van der Waals surface area contributed by atoms with Crippen molar-refractivity contribution in [2.45, 2.75) is 4.90 Å². The summed E-state index contributed by atoms with van der Waals surface area (Å²) in [7, 11) is -4.36. The van der Waals surface area contributed by atoms with Gasteiger partial charge in [0.05, 0.1) is 9.85 Å². The molecule has 0 radical (unpaired) electrons. The molecule has 2 rings (SSSR count). The van der Waals surface area contributed by atoms with Crippen molar-refractivity contribution in [2.24, 2.45) is 0 Å². The molecule has 0 atom stereocenters. The second kappa shape index (κ2) is 7.28. The Labute approximate surface area is 146 Å². The molecule has 0 fully saturated rings. The zero-order valence-electron chi connectivity index (χ0n) is 12.2. The van der Waals surface area contributed by atoms with E-state index in [2.05, 4.69) is 0 Å². The van der Waals surface area contributed by atoms with E-state index in [1.165, 1.54) is 24.3 Å². The van der Waals surface area contributed by atoms with Crippen molar-refractivity contribution in [3.63, 3.8) is 0 Å². The van der Waals surface area contributed by atoms with Gasteiger partial charge in [-0.15, -0.1) is 0 Å². The van der Waals surface area contributed by atoms with Gasteiger partial charge in [0.2, 0.25) is 6.20 Å². The third-order valence-electron chi connectivity index (χ3n) is 2.86. The summed E-state index contributed by atoms with van der Waals surface area (Å²) in [6.07, 6.45) is 1.85. The van der Waals surface area contributed by atoms with Crippen LogP contribution in [0.5, 0.6) is 5.75 Å². The van der Waals surface area contributed by atoms with Gasteiger partial charge in [-0.25, -0.2) is 0 Å². The smallest absolute Gasteiger partial charge is 0.339 e. The molecule has 0 saturated carbocycles. The lowest BCUT2D eigenvalue weighted by Gasteiger charge is -2.08. The number of rotatable bonds is 6. The van der Waals surface area contributed by atoms with Crippen molar-refractivity contribution in [1.82, 2.24) is 0 Å². The van der Waals surface area contributed by atoms with Crippen molar-refractivity contribution in [3.05, 3.63) is 79.5 Å². The van der Waals surface area contributed by atoms with Crippen molar-refractivity contribution >= 4 is 33.5 Å².